The van der Waals surface area contributed by atoms with E-state index < -0.39 is 0 Å². The number of nitrogens with zero attached hydrogens (tertiary/aromatic N) is 2. The summed E-state index contributed by atoms with van der Waals surface area (Å²) in [7, 11) is 1.71. The number of benzene rings is 1. The predicted molar refractivity (Wildman–Crippen MR) is 124 cm³/mol. The minimum Gasteiger partial charge on any atom is -0.496 e. The zero-order valence-corrected chi connectivity index (χ0v) is 19.0. The Morgan fingerprint density at radius 1 is 1.11 bits per heavy atom. The van der Waals surface area contributed by atoms with Crippen LogP contribution < -0.4 is 15.4 Å². The van der Waals surface area contributed by atoms with E-state index in [2.05, 4.69) is 65.6 Å². The molecule has 5 nitrogen and oxygen atoms in total. The van der Waals surface area contributed by atoms with Gasteiger partial charge in [-0.3, -0.25) is 9.98 Å². The lowest BCUT2D eigenvalue weighted by atomic mass is 10.1. The van der Waals surface area contributed by atoms with Gasteiger partial charge in [-0.2, -0.15) is 0 Å². The van der Waals surface area contributed by atoms with E-state index in [1.165, 1.54) is 16.7 Å². The van der Waals surface area contributed by atoms with Gasteiger partial charge in [0.15, 0.2) is 5.96 Å². The molecule has 0 unspecified atom stereocenters. The molecule has 0 spiro atoms. The fourth-order valence-corrected chi connectivity index (χ4v) is 2.76. The normalized spacial score (nSPS) is 10.9. The zero-order valence-electron chi connectivity index (χ0n) is 16.7. The molecule has 0 saturated carbocycles. The van der Waals surface area contributed by atoms with E-state index in [4.69, 9.17) is 4.74 Å². The van der Waals surface area contributed by atoms with Crippen molar-refractivity contribution in [2.24, 2.45) is 4.99 Å². The number of ether oxygens (including phenoxy) is 1. The summed E-state index contributed by atoms with van der Waals surface area (Å²) in [6.07, 6.45) is 5.58. The van der Waals surface area contributed by atoms with Crippen molar-refractivity contribution in [2.75, 3.05) is 26.7 Å². The second-order valence-electron chi connectivity index (χ2n) is 6.29. The molecule has 0 bridgehead atoms. The van der Waals surface area contributed by atoms with Crippen molar-refractivity contribution in [3.8, 4) is 5.75 Å². The molecule has 0 fully saturated rings. The Balaban J connectivity index is 0.00000364. The highest BCUT2D eigenvalue weighted by Crippen LogP contribution is 2.18. The maximum Gasteiger partial charge on any atom is 0.191 e. The van der Waals surface area contributed by atoms with Crippen LogP contribution in [0.5, 0.6) is 5.75 Å². The van der Waals surface area contributed by atoms with E-state index in [0.717, 1.165) is 49.7 Å². The first-order chi connectivity index (χ1) is 12.6. The van der Waals surface area contributed by atoms with E-state index in [-0.39, 0.29) is 24.0 Å². The molecule has 1 heterocycles. The molecule has 2 rings (SSSR count). The third kappa shape index (κ3) is 7.74. The number of hydrogen-bond donors (Lipinski definition) is 2. The largest absolute Gasteiger partial charge is 0.496 e. The summed E-state index contributed by atoms with van der Waals surface area (Å²) in [5, 5.41) is 6.71. The number of halogens is 1. The Morgan fingerprint density at radius 3 is 2.63 bits per heavy atom. The molecule has 2 aromatic rings. The molecule has 2 N–H and O–H groups in total. The Labute approximate surface area is 180 Å². The summed E-state index contributed by atoms with van der Waals surface area (Å²) in [6.45, 7) is 8.64. The summed E-state index contributed by atoms with van der Waals surface area (Å²) < 4.78 is 5.40. The molecule has 0 aliphatic heterocycles. The highest BCUT2D eigenvalue weighted by molar-refractivity contribution is 14.0. The van der Waals surface area contributed by atoms with Gasteiger partial charge in [-0.05, 0) is 68.0 Å². The van der Waals surface area contributed by atoms with Crippen molar-refractivity contribution >= 4 is 29.9 Å². The van der Waals surface area contributed by atoms with Gasteiger partial charge in [-0.1, -0.05) is 12.1 Å². The first kappa shape index (κ1) is 23.2. The predicted octanol–water partition coefficient (Wildman–Crippen LogP) is 3.67. The van der Waals surface area contributed by atoms with Crippen LogP contribution in [0.15, 0.2) is 41.7 Å². The maximum atomic E-state index is 5.40. The van der Waals surface area contributed by atoms with E-state index in [1.54, 1.807) is 7.11 Å². The van der Waals surface area contributed by atoms with Crippen LogP contribution >= 0.6 is 24.0 Å². The first-order valence-electron chi connectivity index (χ1n) is 9.19. The number of aliphatic imine (C=N–C) groups is 1. The van der Waals surface area contributed by atoms with Gasteiger partial charge in [-0.15, -0.1) is 24.0 Å². The summed E-state index contributed by atoms with van der Waals surface area (Å²) in [6, 6.07) is 8.42. The quantitative estimate of drug-likeness (QED) is 0.343. The highest BCUT2D eigenvalue weighted by atomic mass is 127. The summed E-state index contributed by atoms with van der Waals surface area (Å²) in [5.41, 5.74) is 4.93. The second kappa shape index (κ2) is 12.5. The van der Waals surface area contributed by atoms with Gasteiger partial charge in [0, 0.05) is 32.0 Å². The number of nitrogens with one attached hydrogen (secondary N) is 2. The summed E-state index contributed by atoms with van der Waals surface area (Å²) >= 11 is 0. The van der Waals surface area contributed by atoms with Gasteiger partial charge < -0.3 is 15.4 Å². The van der Waals surface area contributed by atoms with Crippen molar-refractivity contribution < 1.29 is 4.74 Å². The Bertz CT molecular complexity index is 734. The van der Waals surface area contributed by atoms with Crippen LogP contribution in [0.25, 0.3) is 0 Å². The number of pyridine rings is 1. The molecule has 1 aromatic carbocycles. The molecule has 148 valence electrons. The molecule has 0 radical (unpaired) electrons. The number of guanidine groups is 1. The topological polar surface area (TPSA) is 58.5 Å². The number of hydrogen-bond acceptors (Lipinski definition) is 3. The third-order valence-corrected chi connectivity index (χ3v) is 4.31. The molecule has 0 aliphatic rings. The number of rotatable bonds is 8. The van der Waals surface area contributed by atoms with Gasteiger partial charge in [0.05, 0.1) is 7.11 Å². The van der Waals surface area contributed by atoms with Crippen LogP contribution in [0.2, 0.25) is 0 Å². The molecule has 0 saturated heterocycles. The van der Waals surface area contributed by atoms with E-state index in [0.29, 0.717) is 0 Å². The second-order valence-corrected chi connectivity index (χ2v) is 6.29. The van der Waals surface area contributed by atoms with Crippen molar-refractivity contribution in [3.63, 3.8) is 0 Å². The van der Waals surface area contributed by atoms with Crippen molar-refractivity contribution in [3.05, 3.63) is 58.9 Å². The Morgan fingerprint density at radius 2 is 1.93 bits per heavy atom. The Kier molecular flexibility index (Phi) is 10.8. The van der Waals surface area contributed by atoms with Gasteiger partial charge in [0.1, 0.15) is 5.75 Å². The van der Waals surface area contributed by atoms with Crippen LogP contribution in [0.1, 0.15) is 29.2 Å². The van der Waals surface area contributed by atoms with Crippen LogP contribution in [-0.4, -0.2) is 37.7 Å². The maximum absolute atomic E-state index is 5.40. The zero-order chi connectivity index (χ0) is 18.8. The van der Waals surface area contributed by atoms with E-state index in [9.17, 15) is 0 Å². The number of aromatic nitrogens is 1. The van der Waals surface area contributed by atoms with Crippen LogP contribution in [0, 0.1) is 13.8 Å². The molecule has 0 atom stereocenters. The standard InChI is InChI=1S/C21H30N4O.HI/c1-5-23-21(25-13-10-19-9-11-22-15-17(19)3)24-12-8-18-7-6-16(2)20(14-18)26-4;/h6-7,9,11,14-15H,5,8,10,12-13H2,1-4H3,(H2,23,24,25);1H. The SMILES string of the molecule is CCNC(=NCCc1ccncc1C)NCCc1ccc(C)c(OC)c1.I. The average Bonchev–Trinajstić information content (AvgIpc) is 2.64. The van der Waals surface area contributed by atoms with Crippen molar-refractivity contribution in [2.45, 2.75) is 33.6 Å². The fourth-order valence-electron chi connectivity index (χ4n) is 2.76. The lowest BCUT2D eigenvalue weighted by Gasteiger charge is -2.12. The van der Waals surface area contributed by atoms with Crippen LogP contribution in [-0.2, 0) is 12.8 Å². The first-order valence-corrected chi connectivity index (χ1v) is 9.19. The van der Waals surface area contributed by atoms with E-state index in [1.807, 2.05) is 12.4 Å². The van der Waals surface area contributed by atoms with E-state index >= 15 is 0 Å². The molecule has 6 heteroatoms. The van der Waals surface area contributed by atoms with Gasteiger partial charge in [-0.25, -0.2) is 0 Å². The average molecular weight is 482 g/mol. The molecule has 0 amide bonds. The number of methoxy groups -OCH3 is 1. The molecule has 0 aliphatic carbocycles. The van der Waals surface area contributed by atoms with Crippen LogP contribution in [0.4, 0.5) is 0 Å². The minimum absolute atomic E-state index is 0. The monoisotopic (exact) mass is 482 g/mol. The molecular weight excluding hydrogens is 451 g/mol. The van der Waals surface area contributed by atoms with Gasteiger partial charge in [0.2, 0.25) is 0 Å². The van der Waals surface area contributed by atoms with Gasteiger partial charge >= 0.3 is 0 Å². The molecule has 27 heavy (non-hydrogen) atoms. The minimum atomic E-state index is 0. The molecule has 1 aromatic heterocycles. The highest BCUT2D eigenvalue weighted by Gasteiger charge is 2.02. The lowest BCUT2D eigenvalue weighted by Crippen LogP contribution is -2.38. The van der Waals surface area contributed by atoms with Gasteiger partial charge in [0.25, 0.3) is 0 Å². The Hall–Kier alpha value is -1.83. The smallest absolute Gasteiger partial charge is 0.191 e. The summed E-state index contributed by atoms with van der Waals surface area (Å²) in [5.74, 6) is 1.80. The third-order valence-electron chi connectivity index (χ3n) is 4.31. The number of aryl methyl sites for hydroxylation is 2. The molecular formula is C21H31IN4O. The van der Waals surface area contributed by atoms with Crippen LogP contribution in [0.3, 0.4) is 0 Å². The van der Waals surface area contributed by atoms with Crippen molar-refractivity contribution in [1.82, 2.24) is 15.6 Å². The fraction of sp³-hybridized carbons (Fsp3) is 0.429. The summed E-state index contributed by atoms with van der Waals surface area (Å²) in [4.78, 5) is 8.81. The lowest BCUT2D eigenvalue weighted by molar-refractivity contribution is 0.411. The van der Waals surface area contributed by atoms with Crippen molar-refractivity contribution in [1.29, 1.82) is 0 Å².